The molecule has 2 rings (SSSR count). The number of nitrogens with two attached hydrogens (primary N) is 1. The molecule has 1 amide bonds. The molecule has 1 saturated carbocycles. The standard InChI is InChI=1S/C12H15ClN2O/c13-10-3-1-2-9(6-10)7-15-11(16)12(8-14)4-5-12/h1-3,6H,4-5,7-8,14H2,(H,15,16). The molecule has 1 aromatic rings. The van der Waals surface area contributed by atoms with E-state index in [1.54, 1.807) is 0 Å². The van der Waals surface area contributed by atoms with Gasteiger partial charge < -0.3 is 11.1 Å². The Morgan fingerprint density at radius 3 is 2.81 bits per heavy atom. The molecule has 1 aromatic carbocycles. The number of carbonyl (C=O) groups is 1. The molecule has 16 heavy (non-hydrogen) atoms. The quantitative estimate of drug-likeness (QED) is 0.839. The summed E-state index contributed by atoms with van der Waals surface area (Å²) in [5.41, 5.74) is 6.31. The lowest BCUT2D eigenvalue weighted by atomic mass is 10.1. The number of hydrogen-bond acceptors (Lipinski definition) is 2. The fraction of sp³-hybridized carbons (Fsp3) is 0.417. The molecule has 1 aliphatic carbocycles. The summed E-state index contributed by atoms with van der Waals surface area (Å²) in [5, 5.41) is 3.59. The van der Waals surface area contributed by atoms with E-state index in [1.165, 1.54) is 0 Å². The molecule has 0 radical (unpaired) electrons. The zero-order valence-electron chi connectivity index (χ0n) is 9.00. The van der Waals surface area contributed by atoms with Crippen LogP contribution in [0.5, 0.6) is 0 Å². The van der Waals surface area contributed by atoms with Gasteiger partial charge >= 0.3 is 0 Å². The van der Waals surface area contributed by atoms with Crippen LogP contribution in [-0.4, -0.2) is 12.5 Å². The van der Waals surface area contributed by atoms with E-state index in [4.69, 9.17) is 17.3 Å². The fourth-order valence-corrected chi connectivity index (χ4v) is 1.90. The molecule has 3 nitrogen and oxygen atoms in total. The Hall–Kier alpha value is -1.06. The summed E-state index contributed by atoms with van der Waals surface area (Å²) in [7, 11) is 0. The van der Waals surface area contributed by atoms with E-state index < -0.39 is 0 Å². The van der Waals surface area contributed by atoms with Crippen LogP contribution >= 0.6 is 11.6 Å². The molecule has 0 unspecified atom stereocenters. The van der Waals surface area contributed by atoms with Gasteiger partial charge in [0.25, 0.3) is 0 Å². The van der Waals surface area contributed by atoms with Gasteiger partial charge in [-0.25, -0.2) is 0 Å². The summed E-state index contributed by atoms with van der Waals surface area (Å²) >= 11 is 5.86. The molecule has 86 valence electrons. The Kier molecular flexibility index (Phi) is 3.17. The van der Waals surface area contributed by atoms with Crippen LogP contribution in [0.25, 0.3) is 0 Å². The van der Waals surface area contributed by atoms with Gasteiger partial charge in [-0.15, -0.1) is 0 Å². The maximum atomic E-state index is 11.8. The highest BCUT2D eigenvalue weighted by atomic mass is 35.5. The summed E-state index contributed by atoms with van der Waals surface area (Å²) in [6, 6.07) is 7.48. The van der Waals surface area contributed by atoms with E-state index in [1.807, 2.05) is 24.3 Å². The van der Waals surface area contributed by atoms with Gasteiger partial charge in [0.2, 0.25) is 5.91 Å². The normalized spacial score (nSPS) is 16.9. The molecule has 0 heterocycles. The molecule has 0 aliphatic heterocycles. The predicted octanol–water partition coefficient (Wildman–Crippen LogP) is 1.70. The van der Waals surface area contributed by atoms with Gasteiger partial charge in [-0.1, -0.05) is 23.7 Å². The van der Waals surface area contributed by atoms with Crippen molar-refractivity contribution >= 4 is 17.5 Å². The van der Waals surface area contributed by atoms with E-state index in [2.05, 4.69) is 5.32 Å². The van der Waals surface area contributed by atoms with Gasteiger partial charge in [0.1, 0.15) is 0 Å². The molecule has 1 fully saturated rings. The monoisotopic (exact) mass is 238 g/mol. The minimum atomic E-state index is -0.279. The smallest absolute Gasteiger partial charge is 0.227 e. The topological polar surface area (TPSA) is 55.1 Å². The predicted molar refractivity (Wildman–Crippen MR) is 64.0 cm³/mol. The highest BCUT2D eigenvalue weighted by Crippen LogP contribution is 2.44. The molecule has 0 saturated heterocycles. The van der Waals surface area contributed by atoms with E-state index >= 15 is 0 Å². The molecule has 1 aliphatic rings. The summed E-state index contributed by atoms with van der Waals surface area (Å²) < 4.78 is 0. The second kappa shape index (κ2) is 4.44. The van der Waals surface area contributed by atoms with Gasteiger partial charge in [0, 0.05) is 18.1 Å². The third kappa shape index (κ3) is 2.36. The van der Waals surface area contributed by atoms with Crippen molar-refractivity contribution in [2.75, 3.05) is 6.54 Å². The molecule has 0 bridgehead atoms. The lowest BCUT2D eigenvalue weighted by molar-refractivity contribution is -0.126. The van der Waals surface area contributed by atoms with Gasteiger partial charge in [-0.05, 0) is 30.5 Å². The number of halogens is 1. The zero-order valence-corrected chi connectivity index (χ0v) is 9.76. The number of benzene rings is 1. The molecule has 3 N–H and O–H groups in total. The van der Waals surface area contributed by atoms with Crippen LogP contribution in [-0.2, 0) is 11.3 Å². The van der Waals surface area contributed by atoms with Gasteiger partial charge in [0.05, 0.1) is 5.41 Å². The third-order valence-corrected chi connectivity index (χ3v) is 3.30. The van der Waals surface area contributed by atoms with Crippen molar-refractivity contribution in [1.29, 1.82) is 0 Å². The van der Waals surface area contributed by atoms with Crippen molar-refractivity contribution in [3.05, 3.63) is 34.9 Å². The average molecular weight is 239 g/mol. The van der Waals surface area contributed by atoms with Crippen LogP contribution in [0.4, 0.5) is 0 Å². The lowest BCUT2D eigenvalue weighted by Gasteiger charge is -2.12. The van der Waals surface area contributed by atoms with Crippen LogP contribution in [0.2, 0.25) is 5.02 Å². The summed E-state index contributed by atoms with van der Waals surface area (Å²) in [6.07, 6.45) is 1.82. The number of rotatable bonds is 4. The molecule has 0 spiro atoms. The zero-order chi connectivity index (χ0) is 11.6. The number of amides is 1. The number of nitrogens with one attached hydrogen (secondary N) is 1. The highest BCUT2D eigenvalue weighted by molar-refractivity contribution is 6.30. The molecule has 0 atom stereocenters. The Morgan fingerprint density at radius 2 is 2.25 bits per heavy atom. The van der Waals surface area contributed by atoms with Gasteiger partial charge in [0.15, 0.2) is 0 Å². The molecule has 0 aromatic heterocycles. The molecule has 4 heteroatoms. The minimum Gasteiger partial charge on any atom is -0.352 e. The van der Waals surface area contributed by atoms with Crippen molar-refractivity contribution in [2.24, 2.45) is 11.1 Å². The highest BCUT2D eigenvalue weighted by Gasteiger charge is 2.48. The van der Waals surface area contributed by atoms with Crippen LogP contribution in [0.3, 0.4) is 0 Å². The Morgan fingerprint density at radius 1 is 1.50 bits per heavy atom. The average Bonchev–Trinajstić information content (AvgIpc) is 3.07. The largest absolute Gasteiger partial charge is 0.352 e. The third-order valence-electron chi connectivity index (χ3n) is 3.07. The van der Waals surface area contributed by atoms with Crippen LogP contribution in [0, 0.1) is 5.41 Å². The first-order valence-electron chi connectivity index (χ1n) is 5.39. The van der Waals surface area contributed by atoms with Crippen molar-refractivity contribution in [2.45, 2.75) is 19.4 Å². The summed E-state index contributed by atoms with van der Waals surface area (Å²) in [4.78, 5) is 11.8. The second-order valence-corrected chi connectivity index (χ2v) is 4.73. The van der Waals surface area contributed by atoms with Crippen LogP contribution < -0.4 is 11.1 Å². The van der Waals surface area contributed by atoms with Crippen molar-refractivity contribution < 1.29 is 4.79 Å². The van der Waals surface area contributed by atoms with E-state index in [0.717, 1.165) is 18.4 Å². The van der Waals surface area contributed by atoms with E-state index in [0.29, 0.717) is 18.1 Å². The summed E-state index contributed by atoms with van der Waals surface area (Å²) in [6.45, 7) is 0.954. The maximum Gasteiger partial charge on any atom is 0.227 e. The Labute approximate surface area is 100.0 Å². The second-order valence-electron chi connectivity index (χ2n) is 4.30. The number of carbonyl (C=O) groups excluding carboxylic acids is 1. The lowest BCUT2D eigenvalue weighted by Crippen LogP contribution is -2.36. The summed E-state index contributed by atoms with van der Waals surface area (Å²) in [5.74, 6) is 0.0648. The van der Waals surface area contributed by atoms with Crippen molar-refractivity contribution in [3.8, 4) is 0 Å². The first kappa shape index (κ1) is 11.4. The van der Waals surface area contributed by atoms with Gasteiger partial charge in [-0.2, -0.15) is 0 Å². The van der Waals surface area contributed by atoms with E-state index in [-0.39, 0.29) is 11.3 Å². The van der Waals surface area contributed by atoms with Crippen LogP contribution in [0.15, 0.2) is 24.3 Å². The minimum absolute atomic E-state index is 0.0648. The Bertz CT molecular complexity index is 402. The first-order chi connectivity index (χ1) is 7.66. The van der Waals surface area contributed by atoms with Crippen molar-refractivity contribution in [3.63, 3.8) is 0 Å². The number of hydrogen-bond donors (Lipinski definition) is 2. The van der Waals surface area contributed by atoms with E-state index in [9.17, 15) is 4.79 Å². The first-order valence-corrected chi connectivity index (χ1v) is 5.77. The van der Waals surface area contributed by atoms with Crippen LogP contribution in [0.1, 0.15) is 18.4 Å². The molecular weight excluding hydrogens is 224 g/mol. The Balaban J connectivity index is 1.90. The van der Waals surface area contributed by atoms with Crippen molar-refractivity contribution in [1.82, 2.24) is 5.32 Å². The van der Waals surface area contributed by atoms with Gasteiger partial charge in [-0.3, -0.25) is 4.79 Å². The maximum absolute atomic E-state index is 11.8. The molecular formula is C12H15ClN2O. The SMILES string of the molecule is NCC1(C(=O)NCc2cccc(Cl)c2)CC1. The fourth-order valence-electron chi connectivity index (χ4n) is 1.69.